The van der Waals surface area contributed by atoms with E-state index in [-0.39, 0.29) is 5.91 Å². The third kappa shape index (κ3) is 2.07. The van der Waals surface area contributed by atoms with Gasteiger partial charge in [-0.1, -0.05) is 0 Å². The molecule has 0 radical (unpaired) electrons. The SMILES string of the molecule is CNC(=O)C1CN(c2ncnc3c2ncn3C)CCO1. The molecule has 0 spiro atoms. The maximum absolute atomic E-state index is 11.7. The molecule has 2 aromatic heterocycles. The molecular formula is C12H16N6O2. The lowest BCUT2D eigenvalue weighted by Gasteiger charge is -2.32. The van der Waals surface area contributed by atoms with Crippen molar-refractivity contribution in [1.82, 2.24) is 24.8 Å². The van der Waals surface area contributed by atoms with Gasteiger partial charge in [0.05, 0.1) is 19.5 Å². The van der Waals surface area contributed by atoms with Crippen LogP contribution in [0.5, 0.6) is 0 Å². The normalized spacial score (nSPS) is 19.3. The van der Waals surface area contributed by atoms with Crippen molar-refractivity contribution in [3.63, 3.8) is 0 Å². The van der Waals surface area contributed by atoms with Crippen LogP contribution in [0.15, 0.2) is 12.7 Å². The molecular weight excluding hydrogens is 260 g/mol. The molecule has 0 bridgehead atoms. The molecule has 106 valence electrons. The fourth-order valence-electron chi connectivity index (χ4n) is 2.33. The summed E-state index contributed by atoms with van der Waals surface area (Å²) in [5.74, 6) is 0.619. The van der Waals surface area contributed by atoms with E-state index in [4.69, 9.17) is 4.74 Å². The zero-order valence-electron chi connectivity index (χ0n) is 11.4. The fourth-order valence-corrected chi connectivity index (χ4v) is 2.33. The van der Waals surface area contributed by atoms with Gasteiger partial charge in [0.1, 0.15) is 6.33 Å². The minimum absolute atomic E-state index is 0.124. The quantitative estimate of drug-likeness (QED) is 0.782. The number of amides is 1. The summed E-state index contributed by atoms with van der Waals surface area (Å²) in [6, 6.07) is 0. The van der Waals surface area contributed by atoms with Crippen LogP contribution in [0.4, 0.5) is 5.82 Å². The lowest BCUT2D eigenvalue weighted by molar-refractivity contribution is -0.132. The van der Waals surface area contributed by atoms with Gasteiger partial charge >= 0.3 is 0 Å². The Bertz CT molecular complexity index is 640. The lowest BCUT2D eigenvalue weighted by atomic mass is 10.2. The highest BCUT2D eigenvalue weighted by atomic mass is 16.5. The van der Waals surface area contributed by atoms with Crippen LogP contribution in [0, 0.1) is 0 Å². The first kappa shape index (κ1) is 12.8. The second-order valence-corrected chi connectivity index (χ2v) is 4.64. The summed E-state index contributed by atoms with van der Waals surface area (Å²) < 4.78 is 7.32. The smallest absolute Gasteiger partial charge is 0.250 e. The predicted octanol–water partition coefficient (Wildman–Crippen LogP) is -0.685. The fraction of sp³-hybridized carbons (Fsp3) is 0.500. The third-order valence-corrected chi connectivity index (χ3v) is 3.38. The molecule has 8 nitrogen and oxygen atoms in total. The molecule has 1 N–H and O–H groups in total. The third-order valence-electron chi connectivity index (χ3n) is 3.38. The van der Waals surface area contributed by atoms with Crippen molar-refractivity contribution < 1.29 is 9.53 Å². The van der Waals surface area contributed by atoms with Gasteiger partial charge in [-0.05, 0) is 0 Å². The number of aryl methyl sites for hydroxylation is 1. The Labute approximate surface area is 115 Å². The van der Waals surface area contributed by atoms with E-state index in [1.165, 1.54) is 6.33 Å². The van der Waals surface area contributed by atoms with Gasteiger partial charge in [-0.2, -0.15) is 0 Å². The van der Waals surface area contributed by atoms with Crippen molar-refractivity contribution in [2.75, 3.05) is 31.6 Å². The van der Waals surface area contributed by atoms with Crippen LogP contribution in [0.1, 0.15) is 0 Å². The van der Waals surface area contributed by atoms with Crippen LogP contribution in [-0.2, 0) is 16.6 Å². The average molecular weight is 276 g/mol. The van der Waals surface area contributed by atoms with Gasteiger partial charge in [0, 0.05) is 20.6 Å². The van der Waals surface area contributed by atoms with Crippen LogP contribution < -0.4 is 10.2 Å². The van der Waals surface area contributed by atoms with Gasteiger partial charge < -0.3 is 19.5 Å². The second kappa shape index (κ2) is 5.04. The number of nitrogens with one attached hydrogen (secondary N) is 1. The van der Waals surface area contributed by atoms with Gasteiger partial charge in [0.15, 0.2) is 23.1 Å². The first-order valence-corrected chi connectivity index (χ1v) is 6.41. The van der Waals surface area contributed by atoms with E-state index < -0.39 is 6.10 Å². The van der Waals surface area contributed by atoms with Crippen molar-refractivity contribution >= 4 is 22.9 Å². The second-order valence-electron chi connectivity index (χ2n) is 4.64. The number of ether oxygens (including phenoxy) is 1. The summed E-state index contributed by atoms with van der Waals surface area (Å²) >= 11 is 0. The number of carbonyl (C=O) groups is 1. The molecule has 1 atom stereocenters. The number of morpholine rings is 1. The topological polar surface area (TPSA) is 85.2 Å². The molecule has 0 saturated carbocycles. The van der Waals surface area contributed by atoms with Gasteiger partial charge in [0.25, 0.3) is 5.91 Å². The van der Waals surface area contributed by atoms with E-state index in [1.54, 1.807) is 13.4 Å². The van der Waals surface area contributed by atoms with Gasteiger partial charge in [-0.3, -0.25) is 4.79 Å². The molecule has 8 heteroatoms. The minimum atomic E-state index is -0.484. The van der Waals surface area contributed by atoms with Gasteiger partial charge in [-0.25, -0.2) is 15.0 Å². The van der Waals surface area contributed by atoms with Crippen molar-refractivity contribution in [2.24, 2.45) is 7.05 Å². The number of aromatic nitrogens is 4. The van der Waals surface area contributed by atoms with E-state index in [0.717, 1.165) is 17.0 Å². The summed E-state index contributed by atoms with van der Waals surface area (Å²) in [5.41, 5.74) is 1.52. The molecule has 0 aliphatic carbocycles. The molecule has 2 aromatic rings. The van der Waals surface area contributed by atoms with Crippen molar-refractivity contribution in [2.45, 2.75) is 6.10 Å². The number of hydrogen-bond donors (Lipinski definition) is 1. The standard InChI is InChI=1S/C12H16N6O2/c1-13-12(19)8-5-18(3-4-20-8)11-9-10(14-6-15-11)17(2)7-16-9/h6-8H,3-5H2,1-2H3,(H,13,19). The highest BCUT2D eigenvalue weighted by Gasteiger charge is 2.28. The zero-order chi connectivity index (χ0) is 14.1. The Kier molecular flexibility index (Phi) is 3.23. The molecule has 20 heavy (non-hydrogen) atoms. The van der Waals surface area contributed by atoms with E-state index in [1.807, 2.05) is 16.5 Å². The number of nitrogens with zero attached hydrogens (tertiary/aromatic N) is 5. The maximum Gasteiger partial charge on any atom is 0.250 e. The number of rotatable bonds is 2. The Morgan fingerprint density at radius 3 is 3.10 bits per heavy atom. The molecule has 0 aromatic carbocycles. The van der Waals surface area contributed by atoms with E-state index >= 15 is 0 Å². The molecule has 1 amide bonds. The van der Waals surface area contributed by atoms with Crippen LogP contribution in [-0.4, -0.2) is 58.3 Å². The lowest BCUT2D eigenvalue weighted by Crippen LogP contribution is -2.49. The Balaban J connectivity index is 1.92. The Hall–Kier alpha value is -2.22. The molecule has 1 aliphatic heterocycles. The van der Waals surface area contributed by atoms with Gasteiger partial charge in [-0.15, -0.1) is 0 Å². The van der Waals surface area contributed by atoms with Crippen molar-refractivity contribution in [1.29, 1.82) is 0 Å². The largest absolute Gasteiger partial charge is 0.365 e. The first-order chi connectivity index (χ1) is 9.70. The summed E-state index contributed by atoms with van der Waals surface area (Å²) in [4.78, 5) is 26.6. The molecule has 1 aliphatic rings. The summed E-state index contributed by atoms with van der Waals surface area (Å²) in [6.45, 7) is 1.62. The number of imidazole rings is 1. The number of fused-ring (bicyclic) bond motifs is 1. The zero-order valence-corrected chi connectivity index (χ0v) is 11.4. The number of hydrogen-bond acceptors (Lipinski definition) is 6. The van der Waals surface area contributed by atoms with E-state index in [0.29, 0.717) is 19.7 Å². The molecule has 3 rings (SSSR count). The maximum atomic E-state index is 11.7. The molecule has 1 fully saturated rings. The number of anilines is 1. The Morgan fingerprint density at radius 2 is 2.30 bits per heavy atom. The monoisotopic (exact) mass is 276 g/mol. The van der Waals surface area contributed by atoms with Crippen LogP contribution in [0.25, 0.3) is 11.2 Å². The highest BCUT2D eigenvalue weighted by molar-refractivity contribution is 5.85. The Morgan fingerprint density at radius 1 is 1.45 bits per heavy atom. The minimum Gasteiger partial charge on any atom is -0.365 e. The predicted molar refractivity (Wildman–Crippen MR) is 72.3 cm³/mol. The van der Waals surface area contributed by atoms with Crippen molar-refractivity contribution in [3.05, 3.63) is 12.7 Å². The van der Waals surface area contributed by atoms with Crippen LogP contribution in [0.3, 0.4) is 0 Å². The van der Waals surface area contributed by atoms with Crippen LogP contribution in [0.2, 0.25) is 0 Å². The van der Waals surface area contributed by atoms with Crippen LogP contribution >= 0.6 is 0 Å². The number of carbonyl (C=O) groups excluding carboxylic acids is 1. The molecule has 1 saturated heterocycles. The van der Waals surface area contributed by atoms with Gasteiger partial charge in [0.2, 0.25) is 0 Å². The van der Waals surface area contributed by atoms with Crippen molar-refractivity contribution in [3.8, 4) is 0 Å². The van der Waals surface area contributed by atoms with E-state index in [2.05, 4.69) is 20.3 Å². The molecule has 1 unspecified atom stereocenters. The molecule has 3 heterocycles. The summed E-state index contributed by atoms with van der Waals surface area (Å²) in [5, 5.41) is 2.60. The summed E-state index contributed by atoms with van der Waals surface area (Å²) in [6.07, 6.45) is 2.74. The summed E-state index contributed by atoms with van der Waals surface area (Å²) in [7, 11) is 3.49. The number of likely N-dealkylation sites (N-methyl/N-ethyl adjacent to an activating group) is 1. The highest BCUT2D eigenvalue weighted by Crippen LogP contribution is 2.22. The van der Waals surface area contributed by atoms with E-state index in [9.17, 15) is 4.79 Å². The average Bonchev–Trinajstić information content (AvgIpc) is 2.88. The first-order valence-electron chi connectivity index (χ1n) is 6.41.